The van der Waals surface area contributed by atoms with Crippen molar-refractivity contribution < 1.29 is 18.3 Å². The summed E-state index contributed by atoms with van der Waals surface area (Å²) in [5, 5.41) is 7.83. The number of carbonyl (C=O) groups is 1. The molecule has 5 fully saturated rings. The summed E-state index contributed by atoms with van der Waals surface area (Å²) in [5.41, 5.74) is 1.88. The van der Waals surface area contributed by atoms with Crippen LogP contribution in [0.3, 0.4) is 0 Å². The molecule has 1 saturated heterocycles. The molecule has 4 aliphatic carbocycles. The van der Waals surface area contributed by atoms with Crippen molar-refractivity contribution in [2.75, 3.05) is 32.8 Å². The zero-order valence-corrected chi connectivity index (χ0v) is 19.6. The fourth-order valence-corrected chi connectivity index (χ4v) is 8.41. The van der Waals surface area contributed by atoms with E-state index >= 15 is 4.39 Å². The number of hydrogen-bond acceptors (Lipinski definition) is 5. The number of fused-ring (bicyclic) bond motifs is 1. The maximum atomic E-state index is 15.2. The third kappa shape index (κ3) is 2.93. The lowest BCUT2D eigenvalue weighted by atomic mass is 9.38. The van der Waals surface area contributed by atoms with Crippen LogP contribution >= 0.6 is 0 Å². The van der Waals surface area contributed by atoms with E-state index in [1.165, 1.54) is 38.2 Å². The van der Waals surface area contributed by atoms with Gasteiger partial charge in [0.25, 0.3) is 0 Å². The molecule has 4 saturated carbocycles. The van der Waals surface area contributed by atoms with Gasteiger partial charge < -0.3 is 19.0 Å². The van der Waals surface area contributed by atoms with Gasteiger partial charge in [0, 0.05) is 37.7 Å². The van der Waals surface area contributed by atoms with Crippen LogP contribution < -0.4 is 0 Å². The summed E-state index contributed by atoms with van der Waals surface area (Å²) in [6, 6.07) is 5.01. The summed E-state index contributed by atoms with van der Waals surface area (Å²) in [5.74, 6) is 3.06. The maximum Gasteiger partial charge on any atom is 0.320 e. The van der Waals surface area contributed by atoms with Crippen molar-refractivity contribution in [1.82, 2.24) is 20.0 Å². The zero-order valence-electron chi connectivity index (χ0n) is 19.6. The van der Waals surface area contributed by atoms with E-state index in [9.17, 15) is 4.79 Å². The molecule has 0 radical (unpaired) electrons. The number of aryl methyl sites for hydroxylation is 1. The first-order chi connectivity index (χ1) is 16.5. The third-order valence-corrected chi connectivity index (χ3v) is 9.72. The van der Waals surface area contributed by atoms with Crippen LogP contribution in [0.15, 0.2) is 22.6 Å². The Morgan fingerprint density at radius 1 is 1.18 bits per heavy atom. The molecule has 180 valence electrons. The molecule has 2 atom stereocenters. The van der Waals surface area contributed by atoms with E-state index in [0.717, 1.165) is 24.3 Å². The van der Waals surface area contributed by atoms with E-state index in [-0.39, 0.29) is 23.8 Å². The van der Waals surface area contributed by atoms with Crippen molar-refractivity contribution in [3.05, 3.63) is 35.5 Å². The molecule has 2 unspecified atom stereocenters. The van der Waals surface area contributed by atoms with Crippen LogP contribution in [-0.4, -0.2) is 58.9 Å². The number of ether oxygens (including phenoxy) is 1. The molecule has 7 nitrogen and oxygen atoms in total. The highest BCUT2D eigenvalue weighted by Crippen LogP contribution is 2.84. The van der Waals surface area contributed by atoms with E-state index in [0.29, 0.717) is 54.6 Å². The van der Waals surface area contributed by atoms with Crippen LogP contribution in [0.5, 0.6) is 0 Å². The van der Waals surface area contributed by atoms with Crippen molar-refractivity contribution in [2.45, 2.75) is 45.6 Å². The van der Waals surface area contributed by atoms with Gasteiger partial charge in [-0.05, 0) is 72.8 Å². The molecule has 1 aromatic carbocycles. The minimum absolute atomic E-state index is 0.0150. The number of urea groups is 1. The monoisotopic (exact) mass is 466 g/mol. The Kier molecular flexibility index (Phi) is 4.45. The van der Waals surface area contributed by atoms with E-state index in [4.69, 9.17) is 9.15 Å². The molecule has 0 N–H and O–H groups in total. The standard InChI is InChI=1S/C26H31FN4O3/c1-16-28-29-23(34-16)17-2-3-18(22(27)8-17)13-31(24(32)30-4-6-33-7-5-30)15-25-11-20-9-19-10-21(12-25)26(19,20)14-25/h2-3,8,19-21H,4-7,9-15H2,1H3. The van der Waals surface area contributed by atoms with Crippen molar-refractivity contribution in [3.63, 3.8) is 0 Å². The fourth-order valence-electron chi connectivity index (χ4n) is 8.41. The number of morpholine rings is 1. The second-order valence-electron chi connectivity index (χ2n) is 11.4. The number of carbonyl (C=O) groups excluding carboxylic acids is 1. The first kappa shape index (κ1) is 20.9. The Hall–Kier alpha value is -2.48. The van der Waals surface area contributed by atoms with Crippen LogP contribution in [0, 0.1) is 41.3 Å². The van der Waals surface area contributed by atoms with Gasteiger partial charge in [0.15, 0.2) is 0 Å². The summed E-state index contributed by atoms with van der Waals surface area (Å²) >= 11 is 0. The topological polar surface area (TPSA) is 71.7 Å². The van der Waals surface area contributed by atoms with E-state index in [2.05, 4.69) is 10.2 Å². The van der Waals surface area contributed by atoms with Gasteiger partial charge in [0.2, 0.25) is 11.8 Å². The normalized spacial score (nSPS) is 35.0. The van der Waals surface area contributed by atoms with Gasteiger partial charge in [-0.1, -0.05) is 6.07 Å². The number of aromatic nitrogens is 2. The third-order valence-electron chi connectivity index (χ3n) is 9.72. The number of nitrogens with zero attached hydrogens (tertiary/aromatic N) is 4. The largest absolute Gasteiger partial charge is 0.421 e. The average Bonchev–Trinajstić information content (AvgIpc) is 3.48. The van der Waals surface area contributed by atoms with Crippen molar-refractivity contribution >= 4 is 6.03 Å². The van der Waals surface area contributed by atoms with Gasteiger partial charge in [-0.2, -0.15) is 0 Å². The zero-order chi connectivity index (χ0) is 23.1. The SMILES string of the molecule is Cc1nnc(-c2ccc(CN(CC34CC5CC6CC(C3)C65C4)C(=O)N3CCOCC3)c(F)c2)o1. The van der Waals surface area contributed by atoms with Crippen LogP contribution in [-0.2, 0) is 11.3 Å². The van der Waals surface area contributed by atoms with Gasteiger partial charge in [0.05, 0.1) is 19.8 Å². The van der Waals surface area contributed by atoms with E-state index in [1.807, 2.05) is 9.80 Å². The highest BCUT2D eigenvalue weighted by molar-refractivity contribution is 5.74. The lowest BCUT2D eigenvalue weighted by molar-refractivity contribution is -0.177. The summed E-state index contributed by atoms with van der Waals surface area (Å²) in [7, 11) is 0. The molecule has 1 aliphatic heterocycles. The Bertz CT molecular complexity index is 1130. The van der Waals surface area contributed by atoms with E-state index in [1.54, 1.807) is 19.1 Å². The van der Waals surface area contributed by atoms with Crippen LogP contribution in [0.25, 0.3) is 11.5 Å². The van der Waals surface area contributed by atoms with Gasteiger partial charge in [0.1, 0.15) is 5.82 Å². The molecule has 7 rings (SSSR count). The summed E-state index contributed by atoms with van der Waals surface area (Å²) in [6.07, 6.45) is 6.53. The molecule has 2 heterocycles. The van der Waals surface area contributed by atoms with Crippen LogP contribution in [0.2, 0.25) is 0 Å². The molecule has 2 amide bonds. The summed E-state index contributed by atoms with van der Waals surface area (Å²) in [6.45, 7) is 5.03. The highest BCUT2D eigenvalue weighted by atomic mass is 19.1. The first-order valence-corrected chi connectivity index (χ1v) is 12.7. The lowest BCUT2D eigenvalue weighted by Crippen LogP contribution is -2.59. The minimum atomic E-state index is -0.345. The molecule has 2 bridgehead atoms. The Labute approximate surface area is 198 Å². The summed E-state index contributed by atoms with van der Waals surface area (Å²) < 4.78 is 26.2. The Morgan fingerprint density at radius 2 is 1.94 bits per heavy atom. The first-order valence-electron chi connectivity index (χ1n) is 12.7. The predicted molar refractivity (Wildman–Crippen MR) is 121 cm³/mol. The lowest BCUT2D eigenvalue weighted by Gasteiger charge is -2.66. The number of amides is 2. The van der Waals surface area contributed by atoms with Gasteiger partial charge in [-0.3, -0.25) is 0 Å². The molecular weight excluding hydrogens is 435 g/mol. The second-order valence-corrected chi connectivity index (χ2v) is 11.4. The highest BCUT2D eigenvalue weighted by Gasteiger charge is 2.77. The molecule has 1 spiro atoms. The van der Waals surface area contributed by atoms with Gasteiger partial charge in [-0.25, -0.2) is 9.18 Å². The molecular formula is C26H31FN4O3. The van der Waals surface area contributed by atoms with Crippen LogP contribution in [0.4, 0.5) is 9.18 Å². The minimum Gasteiger partial charge on any atom is -0.421 e. The van der Waals surface area contributed by atoms with Gasteiger partial charge >= 0.3 is 6.03 Å². The average molecular weight is 467 g/mol. The molecule has 34 heavy (non-hydrogen) atoms. The number of halogens is 1. The molecule has 5 aliphatic rings. The van der Waals surface area contributed by atoms with Crippen molar-refractivity contribution in [1.29, 1.82) is 0 Å². The van der Waals surface area contributed by atoms with Crippen molar-refractivity contribution in [3.8, 4) is 11.5 Å². The number of benzene rings is 1. The molecule has 8 heteroatoms. The second kappa shape index (κ2) is 7.26. The van der Waals surface area contributed by atoms with E-state index < -0.39 is 0 Å². The molecule has 1 aromatic heterocycles. The summed E-state index contributed by atoms with van der Waals surface area (Å²) in [4.78, 5) is 17.5. The van der Waals surface area contributed by atoms with Crippen LogP contribution in [0.1, 0.15) is 43.6 Å². The number of rotatable bonds is 5. The van der Waals surface area contributed by atoms with Crippen molar-refractivity contribution in [2.24, 2.45) is 28.6 Å². The predicted octanol–water partition coefficient (Wildman–Crippen LogP) is 4.26. The Balaban J connectivity index is 1.15. The number of hydrogen-bond donors (Lipinski definition) is 0. The Morgan fingerprint density at radius 3 is 2.56 bits per heavy atom. The molecule has 2 aromatic rings. The quantitative estimate of drug-likeness (QED) is 0.658. The smallest absolute Gasteiger partial charge is 0.320 e. The van der Waals surface area contributed by atoms with Gasteiger partial charge in [-0.15, -0.1) is 10.2 Å². The maximum absolute atomic E-state index is 15.2. The fraction of sp³-hybridized carbons (Fsp3) is 0.654.